The normalized spacial score (nSPS) is 12.2. The number of rotatable bonds is 10. The number of sulfonamides is 1. The molecule has 0 amide bonds. The lowest BCUT2D eigenvalue weighted by molar-refractivity contribution is -0.130. The van der Waals surface area contributed by atoms with Crippen LogP contribution in [0.15, 0.2) is 0 Å². The van der Waals surface area contributed by atoms with Gasteiger partial charge in [0.1, 0.15) is 0 Å². The minimum absolute atomic E-state index is 0.161. The maximum absolute atomic E-state index is 11.5. The van der Waals surface area contributed by atoms with Crippen molar-refractivity contribution < 1.29 is 17.9 Å². The van der Waals surface area contributed by atoms with E-state index in [1.54, 1.807) is 0 Å². The maximum Gasteiger partial charge on any atom is 0.211 e. The van der Waals surface area contributed by atoms with E-state index in [1.807, 2.05) is 20.8 Å². The molecule has 0 atom stereocenters. The average molecular weight is 253 g/mol. The summed E-state index contributed by atoms with van der Waals surface area (Å²) in [6.45, 7) is 6.82. The lowest BCUT2D eigenvalue weighted by Crippen LogP contribution is -2.36. The van der Waals surface area contributed by atoms with Crippen LogP contribution in [0, 0.1) is 0 Å². The van der Waals surface area contributed by atoms with Crippen LogP contribution in [0.3, 0.4) is 0 Å². The van der Waals surface area contributed by atoms with E-state index in [4.69, 9.17) is 9.47 Å². The predicted molar refractivity (Wildman–Crippen MR) is 63.7 cm³/mol. The maximum atomic E-state index is 11.5. The van der Waals surface area contributed by atoms with Crippen LogP contribution in [0.2, 0.25) is 0 Å². The Morgan fingerprint density at radius 3 is 2.12 bits per heavy atom. The lowest BCUT2D eigenvalue weighted by Gasteiger charge is -2.17. The second-order valence-electron chi connectivity index (χ2n) is 3.36. The Labute approximate surface area is 98.6 Å². The summed E-state index contributed by atoms with van der Waals surface area (Å²) in [7, 11) is -3.19. The zero-order chi connectivity index (χ0) is 12.4. The van der Waals surface area contributed by atoms with Gasteiger partial charge < -0.3 is 9.47 Å². The van der Waals surface area contributed by atoms with E-state index >= 15 is 0 Å². The first kappa shape index (κ1) is 15.8. The van der Waals surface area contributed by atoms with E-state index in [0.29, 0.717) is 19.6 Å². The molecule has 0 rings (SSSR count). The van der Waals surface area contributed by atoms with Gasteiger partial charge in [-0.3, -0.25) is 0 Å². The van der Waals surface area contributed by atoms with Crippen molar-refractivity contribution in [2.75, 3.05) is 25.5 Å². The Bertz CT molecular complexity index is 248. The highest BCUT2D eigenvalue weighted by Crippen LogP contribution is 1.97. The van der Waals surface area contributed by atoms with Gasteiger partial charge >= 0.3 is 0 Å². The fourth-order valence-electron chi connectivity index (χ4n) is 1.14. The van der Waals surface area contributed by atoms with Crippen LogP contribution in [0.4, 0.5) is 0 Å². The first-order valence-electron chi connectivity index (χ1n) is 5.76. The van der Waals surface area contributed by atoms with E-state index in [2.05, 4.69) is 4.72 Å². The minimum atomic E-state index is -3.19. The number of hydrogen-bond donors (Lipinski definition) is 1. The van der Waals surface area contributed by atoms with Crippen molar-refractivity contribution in [1.29, 1.82) is 0 Å². The van der Waals surface area contributed by atoms with Crippen molar-refractivity contribution in [3.05, 3.63) is 0 Å². The molecule has 5 nitrogen and oxygen atoms in total. The van der Waals surface area contributed by atoms with E-state index < -0.39 is 16.3 Å². The Kier molecular flexibility index (Phi) is 8.83. The van der Waals surface area contributed by atoms with Gasteiger partial charge in [-0.05, 0) is 20.3 Å². The van der Waals surface area contributed by atoms with E-state index in [0.717, 1.165) is 6.42 Å². The van der Waals surface area contributed by atoms with Crippen molar-refractivity contribution in [3.63, 3.8) is 0 Å². The fraction of sp³-hybridized carbons (Fsp3) is 1.00. The molecule has 0 radical (unpaired) electrons. The van der Waals surface area contributed by atoms with Crippen molar-refractivity contribution in [2.45, 2.75) is 39.9 Å². The van der Waals surface area contributed by atoms with Crippen molar-refractivity contribution in [2.24, 2.45) is 0 Å². The fourth-order valence-corrected chi connectivity index (χ4v) is 2.34. The van der Waals surface area contributed by atoms with Crippen LogP contribution in [0.1, 0.15) is 33.6 Å². The van der Waals surface area contributed by atoms with Crippen LogP contribution in [0.5, 0.6) is 0 Å². The highest BCUT2D eigenvalue weighted by atomic mass is 32.2. The Balaban J connectivity index is 3.97. The zero-order valence-corrected chi connectivity index (χ0v) is 11.2. The number of ether oxygens (including phenoxy) is 2. The molecular weight excluding hydrogens is 230 g/mol. The molecule has 1 N–H and O–H groups in total. The van der Waals surface area contributed by atoms with Gasteiger partial charge in [-0.25, -0.2) is 13.1 Å². The lowest BCUT2D eigenvalue weighted by atomic mass is 10.4. The van der Waals surface area contributed by atoms with Crippen LogP contribution >= 0.6 is 0 Å². The Hall–Kier alpha value is -0.170. The summed E-state index contributed by atoms with van der Waals surface area (Å²) in [4.78, 5) is 0. The number of unbranched alkanes of at least 4 members (excludes halogenated alkanes) is 1. The summed E-state index contributed by atoms with van der Waals surface area (Å²) in [5.41, 5.74) is 0. The molecule has 16 heavy (non-hydrogen) atoms. The molecule has 0 spiro atoms. The third kappa shape index (κ3) is 8.04. The summed E-state index contributed by atoms with van der Waals surface area (Å²) in [6.07, 6.45) is 1.04. The minimum Gasteiger partial charge on any atom is -0.352 e. The van der Waals surface area contributed by atoms with E-state index in [-0.39, 0.29) is 12.3 Å². The van der Waals surface area contributed by atoms with E-state index in [9.17, 15) is 8.42 Å². The number of hydrogen-bond acceptors (Lipinski definition) is 4. The van der Waals surface area contributed by atoms with Crippen molar-refractivity contribution in [3.8, 4) is 0 Å². The molecule has 0 aromatic carbocycles. The quantitative estimate of drug-likeness (QED) is 0.592. The summed E-state index contributed by atoms with van der Waals surface area (Å²) >= 11 is 0. The summed E-state index contributed by atoms with van der Waals surface area (Å²) in [5, 5.41) is 0. The first-order chi connectivity index (χ1) is 7.55. The van der Waals surface area contributed by atoms with Gasteiger partial charge in [0.15, 0.2) is 6.29 Å². The second kappa shape index (κ2) is 8.92. The summed E-state index contributed by atoms with van der Waals surface area (Å²) < 4.78 is 35.9. The monoisotopic (exact) mass is 253 g/mol. The standard InChI is InChI=1S/C10H23NO4S/c1-4-7-8-16(12,13)11-9-10(14-5-2)15-6-3/h10-11H,4-9H2,1-3H3. The smallest absolute Gasteiger partial charge is 0.211 e. The van der Waals surface area contributed by atoms with Gasteiger partial charge in [0.25, 0.3) is 0 Å². The van der Waals surface area contributed by atoms with E-state index in [1.165, 1.54) is 0 Å². The molecule has 0 fully saturated rings. The molecule has 0 aliphatic rings. The van der Waals surface area contributed by atoms with Crippen LogP contribution < -0.4 is 4.72 Å². The topological polar surface area (TPSA) is 64.6 Å². The second-order valence-corrected chi connectivity index (χ2v) is 5.29. The molecule has 0 aliphatic carbocycles. The highest BCUT2D eigenvalue weighted by Gasteiger charge is 2.14. The molecule has 6 heteroatoms. The van der Waals surface area contributed by atoms with Gasteiger partial charge in [0.2, 0.25) is 10.0 Å². The highest BCUT2D eigenvalue weighted by molar-refractivity contribution is 7.89. The van der Waals surface area contributed by atoms with Gasteiger partial charge in [0, 0.05) is 13.2 Å². The van der Waals surface area contributed by atoms with Gasteiger partial charge in [-0.1, -0.05) is 13.3 Å². The molecule has 0 bridgehead atoms. The van der Waals surface area contributed by atoms with Crippen LogP contribution in [-0.2, 0) is 19.5 Å². The van der Waals surface area contributed by atoms with Crippen LogP contribution in [0.25, 0.3) is 0 Å². The molecule has 0 saturated carbocycles. The Morgan fingerprint density at radius 1 is 1.12 bits per heavy atom. The molecule has 0 unspecified atom stereocenters. The number of nitrogens with one attached hydrogen (secondary N) is 1. The molecule has 0 saturated heterocycles. The SMILES string of the molecule is CCCCS(=O)(=O)NCC(OCC)OCC. The molecule has 98 valence electrons. The largest absolute Gasteiger partial charge is 0.352 e. The third-order valence-corrected chi connectivity index (χ3v) is 3.37. The summed E-state index contributed by atoms with van der Waals surface area (Å²) in [5.74, 6) is 0.161. The van der Waals surface area contributed by atoms with Gasteiger partial charge in [-0.15, -0.1) is 0 Å². The predicted octanol–water partition coefficient (Wildman–Crippen LogP) is 1.10. The molecule has 0 aromatic rings. The van der Waals surface area contributed by atoms with Gasteiger partial charge in [-0.2, -0.15) is 0 Å². The molecular formula is C10H23NO4S. The molecule has 0 heterocycles. The van der Waals surface area contributed by atoms with Crippen LogP contribution in [-0.4, -0.2) is 40.2 Å². The van der Waals surface area contributed by atoms with Crippen molar-refractivity contribution in [1.82, 2.24) is 4.72 Å². The molecule has 0 aromatic heterocycles. The average Bonchev–Trinajstić information content (AvgIpc) is 2.24. The molecule has 0 aliphatic heterocycles. The zero-order valence-electron chi connectivity index (χ0n) is 10.4. The first-order valence-corrected chi connectivity index (χ1v) is 7.41. The third-order valence-electron chi connectivity index (χ3n) is 1.94. The summed E-state index contributed by atoms with van der Waals surface area (Å²) in [6, 6.07) is 0. The van der Waals surface area contributed by atoms with Crippen molar-refractivity contribution >= 4 is 10.0 Å². The van der Waals surface area contributed by atoms with Gasteiger partial charge in [0.05, 0.1) is 12.3 Å². The Morgan fingerprint density at radius 2 is 1.69 bits per heavy atom.